The van der Waals surface area contributed by atoms with Crippen LogP contribution in [0.3, 0.4) is 0 Å². The minimum absolute atomic E-state index is 0.00519. The van der Waals surface area contributed by atoms with Crippen molar-refractivity contribution >= 4 is 23.8 Å². The Labute approximate surface area is 100 Å². The average molecular weight is 257 g/mol. The van der Waals surface area contributed by atoms with Crippen molar-refractivity contribution in [2.45, 2.75) is 0 Å². The number of rotatable bonds is 1. The van der Waals surface area contributed by atoms with Gasteiger partial charge in [-0.25, -0.2) is 4.39 Å². The smallest absolute Gasteiger partial charge is 0.251 e. The van der Waals surface area contributed by atoms with Gasteiger partial charge in [0.25, 0.3) is 5.56 Å². The third kappa shape index (κ3) is 1.91. The first-order chi connectivity index (χ1) is 7.59. The summed E-state index contributed by atoms with van der Waals surface area (Å²) in [6.45, 7) is 0. The first kappa shape index (κ1) is 11.0. The van der Waals surface area contributed by atoms with Gasteiger partial charge in [-0.05, 0) is 24.4 Å². The lowest BCUT2D eigenvalue weighted by atomic mass is 10.3. The molecule has 16 heavy (non-hydrogen) atoms. The maximum atomic E-state index is 13.7. The zero-order valence-electron chi connectivity index (χ0n) is 7.91. The highest BCUT2D eigenvalue weighted by molar-refractivity contribution is 7.71. The van der Waals surface area contributed by atoms with Crippen molar-refractivity contribution in [1.29, 1.82) is 0 Å². The van der Waals surface area contributed by atoms with Crippen LogP contribution in [-0.4, -0.2) is 9.55 Å². The highest BCUT2D eigenvalue weighted by Crippen LogP contribution is 2.20. The van der Waals surface area contributed by atoms with E-state index in [-0.39, 0.29) is 21.0 Å². The van der Waals surface area contributed by atoms with Crippen molar-refractivity contribution in [3.8, 4) is 5.69 Å². The van der Waals surface area contributed by atoms with Crippen LogP contribution >= 0.6 is 23.8 Å². The first-order valence-electron chi connectivity index (χ1n) is 4.36. The number of halogens is 2. The van der Waals surface area contributed by atoms with Crippen LogP contribution < -0.4 is 5.56 Å². The van der Waals surface area contributed by atoms with Crippen molar-refractivity contribution in [3.63, 3.8) is 0 Å². The third-order valence-electron chi connectivity index (χ3n) is 2.01. The van der Waals surface area contributed by atoms with Crippen LogP contribution in [0.5, 0.6) is 0 Å². The maximum Gasteiger partial charge on any atom is 0.251 e. The van der Waals surface area contributed by atoms with Crippen molar-refractivity contribution in [3.05, 3.63) is 56.4 Å². The molecule has 3 nitrogen and oxygen atoms in total. The maximum absolute atomic E-state index is 13.7. The molecule has 0 amide bonds. The van der Waals surface area contributed by atoms with E-state index in [1.807, 2.05) is 0 Å². The Hall–Kier alpha value is -1.46. The van der Waals surface area contributed by atoms with Crippen LogP contribution in [0.1, 0.15) is 0 Å². The van der Waals surface area contributed by atoms with Crippen LogP contribution in [0.15, 0.2) is 35.3 Å². The predicted octanol–water partition coefficient (Wildman–Crippen LogP) is 2.69. The summed E-state index contributed by atoms with van der Waals surface area (Å²) in [4.78, 5) is 13.4. The molecule has 6 heteroatoms. The predicted molar refractivity (Wildman–Crippen MR) is 62.2 cm³/mol. The molecule has 1 heterocycles. The molecule has 0 aliphatic rings. The van der Waals surface area contributed by atoms with Gasteiger partial charge < -0.3 is 0 Å². The fourth-order valence-corrected chi connectivity index (χ4v) is 1.71. The highest BCUT2D eigenvalue weighted by Gasteiger charge is 2.07. The second kappa shape index (κ2) is 4.19. The van der Waals surface area contributed by atoms with Crippen molar-refractivity contribution in [1.82, 2.24) is 9.55 Å². The fourth-order valence-electron chi connectivity index (χ4n) is 1.29. The summed E-state index contributed by atoms with van der Waals surface area (Å²) in [6, 6.07) is 5.83. The lowest BCUT2D eigenvalue weighted by Crippen LogP contribution is -2.10. The molecule has 2 aromatic rings. The molecule has 0 bridgehead atoms. The summed E-state index contributed by atoms with van der Waals surface area (Å²) in [6.07, 6.45) is 1.40. The Balaban J connectivity index is 2.73. The number of nitrogens with zero attached hydrogens (tertiary/aromatic N) is 1. The molecule has 2 rings (SSSR count). The molecule has 1 N–H and O–H groups in total. The van der Waals surface area contributed by atoms with E-state index in [1.165, 1.54) is 29.0 Å². The second-order valence-electron chi connectivity index (χ2n) is 3.05. The fraction of sp³-hybridized carbons (Fsp3) is 0. The van der Waals surface area contributed by atoms with Gasteiger partial charge in [0.1, 0.15) is 0 Å². The second-order valence-corrected chi connectivity index (χ2v) is 3.85. The minimum Gasteiger partial charge on any atom is -0.299 e. The summed E-state index contributed by atoms with van der Waals surface area (Å²) in [5.41, 5.74) is -0.127. The molecular formula is C10H6ClFN2OS. The summed E-state index contributed by atoms with van der Waals surface area (Å²) in [7, 11) is 0. The zero-order chi connectivity index (χ0) is 11.7. The van der Waals surface area contributed by atoms with E-state index in [0.29, 0.717) is 0 Å². The number of nitrogens with one attached hydrogen (secondary N) is 1. The van der Waals surface area contributed by atoms with Gasteiger partial charge in [-0.3, -0.25) is 14.3 Å². The molecule has 0 unspecified atom stereocenters. The number of H-pyrrole nitrogens is 1. The van der Waals surface area contributed by atoms with Crippen LogP contribution in [0.4, 0.5) is 4.39 Å². The van der Waals surface area contributed by atoms with Gasteiger partial charge in [-0.15, -0.1) is 0 Å². The molecule has 0 saturated carbocycles. The number of hydrogen-bond donors (Lipinski definition) is 1. The molecule has 0 radical (unpaired) electrons. The van der Waals surface area contributed by atoms with Gasteiger partial charge in [0.15, 0.2) is 10.6 Å². The van der Waals surface area contributed by atoms with Gasteiger partial charge in [-0.1, -0.05) is 17.7 Å². The molecule has 0 spiro atoms. The SMILES string of the molecule is O=c1ccn(-c2cccc(Cl)c2F)c(=S)[nH]1. The molecule has 1 aromatic carbocycles. The quantitative estimate of drug-likeness (QED) is 0.797. The third-order valence-corrected chi connectivity index (χ3v) is 2.61. The number of benzene rings is 1. The van der Waals surface area contributed by atoms with E-state index in [0.717, 1.165) is 0 Å². The van der Waals surface area contributed by atoms with Crippen LogP contribution in [-0.2, 0) is 0 Å². The van der Waals surface area contributed by atoms with Gasteiger partial charge in [0, 0.05) is 12.3 Å². The molecule has 0 fully saturated rings. The number of hydrogen-bond acceptors (Lipinski definition) is 2. The molecule has 82 valence electrons. The molecule has 0 aliphatic carbocycles. The van der Waals surface area contributed by atoms with Crippen LogP contribution in [0.2, 0.25) is 5.02 Å². The van der Waals surface area contributed by atoms with Crippen LogP contribution in [0.25, 0.3) is 5.69 Å². The standard InChI is InChI=1S/C10H6ClFN2OS/c11-6-2-1-3-7(9(6)12)14-5-4-8(15)13-10(14)16/h1-5H,(H,13,15,16). The number of aromatic amines is 1. The highest BCUT2D eigenvalue weighted by atomic mass is 35.5. The van der Waals surface area contributed by atoms with Crippen molar-refractivity contribution in [2.75, 3.05) is 0 Å². The average Bonchev–Trinajstić information content (AvgIpc) is 2.23. The molecule has 0 saturated heterocycles. The van der Waals surface area contributed by atoms with E-state index in [2.05, 4.69) is 4.98 Å². The van der Waals surface area contributed by atoms with Crippen molar-refractivity contribution in [2.24, 2.45) is 0 Å². The van der Waals surface area contributed by atoms with E-state index >= 15 is 0 Å². The van der Waals surface area contributed by atoms with Gasteiger partial charge in [-0.2, -0.15) is 0 Å². The van der Waals surface area contributed by atoms with E-state index in [1.54, 1.807) is 6.07 Å². The van der Waals surface area contributed by atoms with Gasteiger partial charge in [0.05, 0.1) is 10.7 Å². The Kier molecular flexibility index (Phi) is 2.89. The summed E-state index contributed by atoms with van der Waals surface area (Å²) in [5, 5.41) is 0.00519. The topological polar surface area (TPSA) is 37.8 Å². The molecule has 0 atom stereocenters. The Morgan fingerprint density at radius 1 is 1.38 bits per heavy atom. The van der Waals surface area contributed by atoms with E-state index < -0.39 is 5.82 Å². The van der Waals surface area contributed by atoms with Gasteiger partial charge in [0.2, 0.25) is 0 Å². The lowest BCUT2D eigenvalue weighted by molar-refractivity contribution is 0.616. The zero-order valence-corrected chi connectivity index (χ0v) is 9.48. The number of aromatic nitrogens is 2. The summed E-state index contributed by atoms with van der Waals surface area (Å²) >= 11 is 10.6. The largest absolute Gasteiger partial charge is 0.299 e. The molecular weight excluding hydrogens is 251 g/mol. The van der Waals surface area contributed by atoms with Crippen LogP contribution in [0, 0.1) is 10.6 Å². The Bertz CT molecular complexity index is 650. The van der Waals surface area contributed by atoms with E-state index in [9.17, 15) is 9.18 Å². The van der Waals surface area contributed by atoms with E-state index in [4.69, 9.17) is 23.8 Å². The Morgan fingerprint density at radius 3 is 2.81 bits per heavy atom. The monoisotopic (exact) mass is 256 g/mol. The first-order valence-corrected chi connectivity index (χ1v) is 5.14. The minimum atomic E-state index is -0.577. The lowest BCUT2D eigenvalue weighted by Gasteiger charge is -2.07. The molecule has 1 aromatic heterocycles. The Morgan fingerprint density at radius 2 is 2.12 bits per heavy atom. The van der Waals surface area contributed by atoms with Crippen molar-refractivity contribution < 1.29 is 4.39 Å². The van der Waals surface area contributed by atoms with Gasteiger partial charge >= 0.3 is 0 Å². The summed E-state index contributed by atoms with van der Waals surface area (Å²) in [5.74, 6) is -0.577. The summed E-state index contributed by atoms with van der Waals surface area (Å²) < 4.78 is 15.1. The molecule has 0 aliphatic heterocycles. The normalized spacial score (nSPS) is 10.4.